The average molecular weight is 344 g/mol. The largest absolute Gasteiger partial charge is 0.136 e. The fourth-order valence-corrected chi connectivity index (χ4v) is 3.66. The SMILES string of the molecule is CCc1ccc(C(Cl)c2csc(Br)c2)cc1CC. The lowest BCUT2D eigenvalue weighted by atomic mass is 9.97. The van der Waals surface area contributed by atoms with Gasteiger partial charge in [0.25, 0.3) is 0 Å². The predicted octanol–water partition coefficient (Wildman–Crippen LogP) is 5.96. The highest BCUT2D eigenvalue weighted by Gasteiger charge is 2.13. The van der Waals surface area contributed by atoms with Gasteiger partial charge in [0.2, 0.25) is 0 Å². The maximum Gasteiger partial charge on any atom is 0.0843 e. The molecule has 18 heavy (non-hydrogen) atoms. The van der Waals surface area contributed by atoms with Crippen molar-refractivity contribution in [2.45, 2.75) is 32.1 Å². The number of hydrogen-bond acceptors (Lipinski definition) is 1. The molecule has 0 aliphatic rings. The molecule has 96 valence electrons. The quantitative estimate of drug-likeness (QED) is 0.600. The van der Waals surface area contributed by atoms with Gasteiger partial charge in [0, 0.05) is 0 Å². The van der Waals surface area contributed by atoms with Gasteiger partial charge in [-0.25, -0.2) is 0 Å². The molecule has 1 heterocycles. The van der Waals surface area contributed by atoms with Gasteiger partial charge in [-0.15, -0.1) is 22.9 Å². The van der Waals surface area contributed by atoms with Gasteiger partial charge in [-0.05, 0) is 62.5 Å². The van der Waals surface area contributed by atoms with Gasteiger partial charge >= 0.3 is 0 Å². The molecule has 0 radical (unpaired) electrons. The number of thiophene rings is 1. The van der Waals surface area contributed by atoms with E-state index in [-0.39, 0.29) is 5.38 Å². The Morgan fingerprint density at radius 3 is 2.39 bits per heavy atom. The molecule has 1 aromatic heterocycles. The Kier molecular flexibility index (Phi) is 4.88. The molecule has 0 saturated carbocycles. The molecule has 0 amide bonds. The lowest BCUT2D eigenvalue weighted by molar-refractivity contribution is 1.02. The van der Waals surface area contributed by atoms with E-state index in [4.69, 9.17) is 11.6 Å². The molecule has 1 atom stereocenters. The molecule has 1 unspecified atom stereocenters. The van der Waals surface area contributed by atoms with Crippen LogP contribution in [0.1, 0.15) is 41.5 Å². The van der Waals surface area contributed by atoms with Gasteiger partial charge in [-0.1, -0.05) is 32.0 Å². The number of halogens is 2. The van der Waals surface area contributed by atoms with Crippen LogP contribution in [0.25, 0.3) is 0 Å². The summed E-state index contributed by atoms with van der Waals surface area (Å²) in [5.74, 6) is 0. The van der Waals surface area contributed by atoms with E-state index in [1.165, 1.54) is 22.3 Å². The van der Waals surface area contributed by atoms with Crippen LogP contribution < -0.4 is 0 Å². The summed E-state index contributed by atoms with van der Waals surface area (Å²) in [4.78, 5) is 0. The van der Waals surface area contributed by atoms with Crippen molar-refractivity contribution in [2.75, 3.05) is 0 Å². The average Bonchev–Trinajstić information content (AvgIpc) is 2.83. The molecule has 2 rings (SSSR count). The van der Waals surface area contributed by atoms with E-state index in [0.717, 1.165) is 16.6 Å². The van der Waals surface area contributed by atoms with Crippen LogP contribution in [-0.2, 0) is 12.8 Å². The third-order valence-electron chi connectivity index (χ3n) is 3.17. The summed E-state index contributed by atoms with van der Waals surface area (Å²) in [6.45, 7) is 4.39. The van der Waals surface area contributed by atoms with Gasteiger partial charge in [0.15, 0.2) is 0 Å². The number of aryl methyl sites for hydroxylation is 2. The molecule has 3 heteroatoms. The van der Waals surface area contributed by atoms with E-state index in [9.17, 15) is 0 Å². The van der Waals surface area contributed by atoms with Crippen molar-refractivity contribution in [3.05, 3.63) is 55.7 Å². The summed E-state index contributed by atoms with van der Waals surface area (Å²) in [5, 5.41) is 2.06. The summed E-state index contributed by atoms with van der Waals surface area (Å²) in [6.07, 6.45) is 2.15. The minimum absolute atomic E-state index is 0.0521. The molecule has 1 aromatic carbocycles. The molecule has 0 bridgehead atoms. The van der Waals surface area contributed by atoms with Gasteiger partial charge < -0.3 is 0 Å². The standard InChI is InChI=1S/C15H16BrClS/c1-3-10-5-6-12(7-11(10)4-2)15(17)13-8-14(16)18-9-13/h5-9,15H,3-4H2,1-2H3. The summed E-state index contributed by atoms with van der Waals surface area (Å²) < 4.78 is 1.13. The van der Waals surface area contributed by atoms with Crippen molar-refractivity contribution >= 4 is 38.9 Å². The maximum atomic E-state index is 6.56. The first-order valence-corrected chi connectivity index (χ1v) is 8.26. The molecule has 0 saturated heterocycles. The molecule has 0 aliphatic carbocycles. The monoisotopic (exact) mass is 342 g/mol. The van der Waals surface area contributed by atoms with E-state index in [2.05, 4.69) is 59.4 Å². The van der Waals surface area contributed by atoms with Gasteiger partial charge in [-0.2, -0.15) is 0 Å². The lowest BCUT2D eigenvalue weighted by Gasteiger charge is -2.12. The van der Waals surface area contributed by atoms with E-state index in [1.807, 2.05) is 0 Å². The molecule has 2 aromatic rings. The van der Waals surface area contributed by atoms with E-state index >= 15 is 0 Å². The zero-order valence-corrected chi connectivity index (χ0v) is 13.7. The zero-order chi connectivity index (χ0) is 13.1. The minimum atomic E-state index is -0.0521. The Bertz CT molecular complexity index is 533. The smallest absolute Gasteiger partial charge is 0.0843 e. The van der Waals surface area contributed by atoms with E-state index in [0.29, 0.717) is 0 Å². The van der Waals surface area contributed by atoms with Crippen LogP contribution in [0, 0.1) is 0 Å². The van der Waals surface area contributed by atoms with Crippen molar-refractivity contribution < 1.29 is 0 Å². The summed E-state index contributed by atoms with van der Waals surface area (Å²) in [5.41, 5.74) is 5.20. The highest BCUT2D eigenvalue weighted by molar-refractivity contribution is 9.11. The van der Waals surface area contributed by atoms with Crippen LogP contribution in [0.2, 0.25) is 0 Å². The highest BCUT2D eigenvalue weighted by Crippen LogP contribution is 2.34. The Hall–Kier alpha value is -0.310. The highest BCUT2D eigenvalue weighted by atomic mass is 79.9. The van der Waals surface area contributed by atoms with E-state index < -0.39 is 0 Å². The van der Waals surface area contributed by atoms with Crippen LogP contribution in [0.4, 0.5) is 0 Å². The maximum absolute atomic E-state index is 6.56. The first-order valence-electron chi connectivity index (χ1n) is 6.15. The second-order valence-corrected chi connectivity index (χ2v) is 7.01. The van der Waals surface area contributed by atoms with Crippen molar-refractivity contribution in [1.82, 2.24) is 0 Å². The molecular weight excluding hydrogens is 328 g/mol. The van der Waals surface area contributed by atoms with Crippen molar-refractivity contribution in [3.8, 4) is 0 Å². The molecule has 0 aliphatic heterocycles. The predicted molar refractivity (Wildman–Crippen MR) is 84.9 cm³/mol. The number of alkyl halides is 1. The van der Waals surface area contributed by atoms with Crippen LogP contribution in [0.3, 0.4) is 0 Å². The molecular formula is C15H16BrClS. The molecule has 0 spiro atoms. The molecule has 0 N–H and O–H groups in total. The minimum Gasteiger partial charge on any atom is -0.136 e. The van der Waals surface area contributed by atoms with Gasteiger partial charge in [-0.3, -0.25) is 0 Å². The Morgan fingerprint density at radius 2 is 1.83 bits per heavy atom. The third-order valence-corrected chi connectivity index (χ3v) is 5.19. The molecule has 0 nitrogen and oxygen atoms in total. The van der Waals surface area contributed by atoms with Crippen molar-refractivity contribution in [2.24, 2.45) is 0 Å². The number of benzene rings is 1. The van der Waals surface area contributed by atoms with Crippen LogP contribution in [0.5, 0.6) is 0 Å². The zero-order valence-electron chi connectivity index (χ0n) is 10.5. The normalized spacial score (nSPS) is 12.7. The molecule has 0 fully saturated rings. The first kappa shape index (κ1) is 14.1. The summed E-state index contributed by atoms with van der Waals surface area (Å²) >= 11 is 11.7. The first-order chi connectivity index (χ1) is 8.65. The second-order valence-electron chi connectivity index (χ2n) is 4.28. The summed E-state index contributed by atoms with van der Waals surface area (Å²) in [6, 6.07) is 8.72. The van der Waals surface area contributed by atoms with Crippen LogP contribution in [0.15, 0.2) is 33.4 Å². The van der Waals surface area contributed by atoms with Crippen molar-refractivity contribution in [1.29, 1.82) is 0 Å². The van der Waals surface area contributed by atoms with Gasteiger partial charge in [0.05, 0.1) is 9.16 Å². The Labute approximate surface area is 126 Å². The van der Waals surface area contributed by atoms with Crippen LogP contribution >= 0.6 is 38.9 Å². The van der Waals surface area contributed by atoms with Crippen LogP contribution in [-0.4, -0.2) is 0 Å². The number of hydrogen-bond donors (Lipinski definition) is 0. The van der Waals surface area contributed by atoms with Crippen molar-refractivity contribution in [3.63, 3.8) is 0 Å². The fourth-order valence-electron chi connectivity index (χ4n) is 2.13. The topological polar surface area (TPSA) is 0 Å². The van der Waals surface area contributed by atoms with Gasteiger partial charge in [0.1, 0.15) is 0 Å². The lowest BCUT2D eigenvalue weighted by Crippen LogP contribution is -1.97. The third kappa shape index (κ3) is 2.98. The fraction of sp³-hybridized carbons (Fsp3) is 0.333. The summed E-state index contributed by atoms with van der Waals surface area (Å²) in [7, 11) is 0. The van der Waals surface area contributed by atoms with E-state index in [1.54, 1.807) is 11.3 Å². The number of rotatable bonds is 4. The Balaban J connectivity index is 2.33. The Morgan fingerprint density at radius 1 is 1.11 bits per heavy atom. The second kappa shape index (κ2) is 6.23.